The summed E-state index contributed by atoms with van der Waals surface area (Å²) in [6.07, 6.45) is 1.77. The smallest absolute Gasteiger partial charge is 0.337 e. The van der Waals surface area contributed by atoms with E-state index in [2.05, 4.69) is 15.2 Å². The lowest BCUT2D eigenvalue weighted by molar-refractivity contribution is 0.0600. The molecule has 1 fully saturated rings. The van der Waals surface area contributed by atoms with Gasteiger partial charge >= 0.3 is 12.0 Å². The number of nitrogens with one attached hydrogen (secondary N) is 1. The number of urea groups is 1. The van der Waals surface area contributed by atoms with E-state index in [4.69, 9.17) is 4.52 Å². The first-order chi connectivity index (χ1) is 11.6. The average molecular weight is 329 g/mol. The summed E-state index contributed by atoms with van der Waals surface area (Å²) in [5, 5.41) is 6.74. The third-order valence-corrected chi connectivity index (χ3v) is 4.05. The summed E-state index contributed by atoms with van der Waals surface area (Å²) < 4.78 is 9.96. The van der Waals surface area contributed by atoms with E-state index in [9.17, 15) is 9.59 Å². The second-order valence-electron chi connectivity index (χ2n) is 5.72. The number of aryl methyl sites for hydroxylation is 1. The number of carbonyl (C=O) groups is 2. The Morgan fingerprint density at radius 2 is 2.08 bits per heavy atom. The summed E-state index contributed by atoms with van der Waals surface area (Å²) in [7, 11) is 1.33. The van der Waals surface area contributed by atoms with Crippen LogP contribution in [0.1, 0.15) is 40.7 Å². The molecule has 1 aromatic carbocycles. The molecule has 1 aromatic heterocycles. The van der Waals surface area contributed by atoms with Gasteiger partial charge in [0.25, 0.3) is 0 Å². The lowest BCUT2D eigenvalue weighted by Gasteiger charge is -2.23. The maximum atomic E-state index is 12.5. The monoisotopic (exact) mass is 329 g/mol. The second kappa shape index (κ2) is 6.74. The van der Waals surface area contributed by atoms with Gasteiger partial charge in [-0.25, -0.2) is 9.59 Å². The number of ether oxygens (including phenoxy) is 1. The molecule has 7 nitrogen and oxygen atoms in total. The van der Waals surface area contributed by atoms with Crippen LogP contribution in [0.15, 0.2) is 34.9 Å². The molecular formula is C17H19N3O4. The third kappa shape index (κ3) is 3.24. The second-order valence-corrected chi connectivity index (χ2v) is 5.72. The number of nitrogens with zero attached hydrogens (tertiary/aromatic N) is 2. The van der Waals surface area contributed by atoms with Gasteiger partial charge in [-0.15, -0.1) is 0 Å². The minimum absolute atomic E-state index is 0.0967. The number of esters is 1. The van der Waals surface area contributed by atoms with E-state index in [0.717, 1.165) is 18.5 Å². The quantitative estimate of drug-likeness (QED) is 0.875. The molecule has 0 aliphatic carbocycles. The number of hydrogen-bond acceptors (Lipinski definition) is 5. The van der Waals surface area contributed by atoms with Gasteiger partial charge in [-0.2, -0.15) is 0 Å². The molecule has 1 atom stereocenters. The van der Waals surface area contributed by atoms with Crippen molar-refractivity contribution in [2.24, 2.45) is 0 Å². The first kappa shape index (κ1) is 16.0. The molecule has 3 rings (SSSR count). The van der Waals surface area contributed by atoms with Crippen molar-refractivity contribution in [2.45, 2.75) is 25.8 Å². The van der Waals surface area contributed by atoms with E-state index >= 15 is 0 Å². The standard InChI is InChI=1S/C17H19N3O4/c1-11-10-15(24-19-11)14-4-3-9-20(14)17(22)18-13-7-5-12(6-8-13)16(21)23-2/h5-8,10,14H,3-4,9H2,1-2H3,(H,18,22). The molecule has 0 radical (unpaired) electrons. The van der Waals surface area contributed by atoms with E-state index in [0.29, 0.717) is 23.6 Å². The van der Waals surface area contributed by atoms with Gasteiger partial charge in [0.05, 0.1) is 24.4 Å². The lowest BCUT2D eigenvalue weighted by atomic mass is 10.1. The molecule has 1 aliphatic heterocycles. The number of aromatic nitrogens is 1. The SMILES string of the molecule is COC(=O)c1ccc(NC(=O)N2CCCC2c2cc(C)no2)cc1. The van der Waals surface area contributed by atoms with Crippen molar-refractivity contribution in [2.75, 3.05) is 19.0 Å². The number of rotatable bonds is 3. The van der Waals surface area contributed by atoms with Crippen LogP contribution in [0.2, 0.25) is 0 Å². The Morgan fingerprint density at radius 1 is 1.33 bits per heavy atom. The molecule has 126 valence electrons. The van der Waals surface area contributed by atoms with Gasteiger partial charge in [-0.1, -0.05) is 5.16 Å². The first-order valence-electron chi connectivity index (χ1n) is 7.77. The number of carbonyl (C=O) groups excluding carboxylic acids is 2. The first-order valence-corrected chi connectivity index (χ1v) is 7.77. The Bertz CT molecular complexity index is 739. The van der Waals surface area contributed by atoms with Gasteiger partial charge in [0.2, 0.25) is 0 Å². The summed E-state index contributed by atoms with van der Waals surface area (Å²) in [6, 6.07) is 8.15. The Morgan fingerprint density at radius 3 is 2.71 bits per heavy atom. The van der Waals surface area contributed by atoms with E-state index < -0.39 is 5.97 Å². The third-order valence-electron chi connectivity index (χ3n) is 4.05. The Balaban J connectivity index is 1.68. The Kier molecular flexibility index (Phi) is 4.50. The van der Waals surface area contributed by atoms with Crippen LogP contribution in [-0.2, 0) is 4.74 Å². The predicted molar refractivity (Wildman–Crippen MR) is 86.7 cm³/mol. The molecule has 1 aliphatic rings. The predicted octanol–water partition coefficient (Wildman–Crippen LogP) is 3.14. The molecule has 24 heavy (non-hydrogen) atoms. The molecule has 2 amide bonds. The summed E-state index contributed by atoms with van der Waals surface area (Å²) in [5.41, 5.74) is 1.86. The van der Waals surface area contributed by atoms with Crippen LogP contribution in [0.25, 0.3) is 0 Å². The molecule has 0 bridgehead atoms. The highest BCUT2D eigenvalue weighted by atomic mass is 16.5. The molecule has 1 unspecified atom stereocenters. The van der Waals surface area contributed by atoms with Gasteiger partial charge in [0, 0.05) is 18.3 Å². The van der Waals surface area contributed by atoms with Crippen LogP contribution in [0.3, 0.4) is 0 Å². The maximum absolute atomic E-state index is 12.5. The molecule has 7 heteroatoms. The summed E-state index contributed by atoms with van der Waals surface area (Å²) in [6.45, 7) is 2.52. The van der Waals surface area contributed by atoms with Crippen molar-refractivity contribution in [3.63, 3.8) is 0 Å². The van der Waals surface area contributed by atoms with Crippen molar-refractivity contribution in [3.05, 3.63) is 47.3 Å². The Hall–Kier alpha value is -2.83. The zero-order valence-corrected chi connectivity index (χ0v) is 13.6. The minimum Gasteiger partial charge on any atom is -0.465 e. The van der Waals surface area contributed by atoms with Crippen LogP contribution >= 0.6 is 0 Å². The fourth-order valence-electron chi connectivity index (χ4n) is 2.85. The van der Waals surface area contributed by atoms with Crippen LogP contribution in [-0.4, -0.2) is 35.7 Å². The number of anilines is 1. The number of benzene rings is 1. The molecule has 2 heterocycles. The molecule has 1 N–H and O–H groups in total. The van der Waals surface area contributed by atoms with Crippen LogP contribution in [0, 0.1) is 6.92 Å². The highest BCUT2D eigenvalue weighted by molar-refractivity contribution is 5.92. The van der Waals surface area contributed by atoms with Crippen molar-refractivity contribution < 1.29 is 18.8 Å². The van der Waals surface area contributed by atoms with Gasteiger partial charge in [0.1, 0.15) is 0 Å². The van der Waals surface area contributed by atoms with Crippen LogP contribution in [0.4, 0.5) is 10.5 Å². The summed E-state index contributed by atoms with van der Waals surface area (Å²) in [5.74, 6) is 0.300. The topological polar surface area (TPSA) is 84.7 Å². The highest BCUT2D eigenvalue weighted by Crippen LogP contribution is 2.32. The van der Waals surface area contributed by atoms with Crippen molar-refractivity contribution in [1.29, 1.82) is 0 Å². The van der Waals surface area contributed by atoms with Crippen molar-refractivity contribution >= 4 is 17.7 Å². The van der Waals surface area contributed by atoms with E-state index in [1.54, 1.807) is 29.2 Å². The molecule has 0 spiro atoms. The molecule has 2 aromatic rings. The Labute approximate surface area is 139 Å². The normalized spacial score (nSPS) is 16.9. The summed E-state index contributed by atoms with van der Waals surface area (Å²) in [4.78, 5) is 25.7. The van der Waals surface area contributed by atoms with Crippen LogP contribution < -0.4 is 5.32 Å². The summed E-state index contributed by atoms with van der Waals surface area (Å²) >= 11 is 0. The fourth-order valence-corrected chi connectivity index (χ4v) is 2.85. The zero-order valence-electron chi connectivity index (χ0n) is 13.6. The van der Waals surface area contributed by atoms with E-state index in [1.165, 1.54) is 7.11 Å². The van der Waals surface area contributed by atoms with E-state index in [1.807, 2.05) is 13.0 Å². The zero-order chi connectivity index (χ0) is 17.1. The van der Waals surface area contributed by atoms with E-state index in [-0.39, 0.29) is 12.1 Å². The van der Waals surface area contributed by atoms with Gasteiger partial charge < -0.3 is 19.5 Å². The fraction of sp³-hybridized carbons (Fsp3) is 0.353. The van der Waals surface area contributed by atoms with Gasteiger partial charge in [-0.05, 0) is 44.0 Å². The van der Waals surface area contributed by atoms with Crippen LogP contribution in [0.5, 0.6) is 0 Å². The lowest BCUT2D eigenvalue weighted by Crippen LogP contribution is -2.34. The molecular weight excluding hydrogens is 310 g/mol. The number of methoxy groups -OCH3 is 1. The van der Waals surface area contributed by atoms with Gasteiger partial charge in [-0.3, -0.25) is 0 Å². The van der Waals surface area contributed by atoms with Gasteiger partial charge in [0.15, 0.2) is 5.76 Å². The highest BCUT2D eigenvalue weighted by Gasteiger charge is 2.32. The minimum atomic E-state index is -0.409. The number of amides is 2. The van der Waals surface area contributed by atoms with Crippen molar-refractivity contribution in [1.82, 2.24) is 10.1 Å². The molecule has 1 saturated heterocycles. The maximum Gasteiger partial charge on any atom is 0.337 e. The van der Waals surface area contributed by atoms with Crippen molar-refractivity contribution in [3.8, 4) is 0 Å². The number of hydrogen-bond donors (Lipinski definition) is 1. The number of likely N-dealkylation sites (tertiary alicyclic amines) is 1. The largest absolute Gasteiger partial charge is 0.465 e. The molecule has 0 saturated carbocycles. The average Bonchev–Trinajstić information content (AvgIpc) is 3.23.